The predicted molar refractivity (Wildman–Crippen MR) is 84.3 cm³/mol. The van der Waals surface area contributed by atoms with Crippen LogP contribution in [0.4, 0.5) is 10.3 Å². The Kier molecular flexibility index (Phi) is 4.11. The molecule has 0 aliphatic heterocycles. The number of hydrazone groups is 1. The molecule has 0 amide bonds. The van der Waals surface area contributed by atoms with Gasteiger partial charge in [0.05, 0.1) is 6.21 Å². The lowest BCUT2D eigenvalue weighted by Gasteiger charge is -1.96. The molecular weight excluding hydrogens is 295 g/mol. The molecule has 0 atom stereocenters. The summed E-state index contributed by atoms with van der Waals surface area (Å²) in [4.78, 5) is 4.11. The van der Waals surface area contributed by atoms with Gasteiger partial charge in [0.25, 0.3) is 5.88 Å². The molecule has 3 rings (SSSR count). The number of hydrogen-bond donors (Lipinski definition) is 1. The zero-order chi connectivity index (χ0) is 16.1. The average molecular weight is 306 g/mol. The van der Waals surface area contributed by atoms with E-state index in [1.165, 1.54) is 18.3 Å². The Hall–Kier alpha value is -3.46. The molecule has 0 spiro atoms. The standard InChI is InChI=1S/C17H11FN4O/c18-14-8-4-5-12(9-14)11-20-22-17-15(10-19)21-16(23-17)13-6-2-1-3-7-13/h1-9,11,22H/b20-11+. The SMILES string of the molecule is N#Cc1nc(-c2ccccc2)oc1N/N=C/c1cccc(F)c1. The molecule has 0 unspecified atom stereocenters. The summed E-state index contributed by atoms with van der Waals surface area (Å²) in [7, 11) is 0. The summed E-state index contributed by atoms with van der Waals surface area (Å²) in [5.41, 5.74) is 4.05. The number of benzene rings is 2. The molecule has 0 radical (unpaired) electrons. The fourth-order valence-electron chi connectivity index (χ4n) is 1.93. The van der Waals surface area contributed by atoms with Crippen molar-refractivity contribution in [2.24, 2.45) is 5.10 Å². The number of anilines is 1. The molecule has 0 aliphatic rings. The number of nitrogens with zero attached hydrogens (tertiary/aromatic N) is 3. The highest BCUT2D eigenvalue weighted by molar-refractivity contribution is 5.80. The number of nitriles is 1. The highest BCUT2D eigenvalue weighted by Gasteiger charge is 2.13. The van der Waals surface area contributed by atoms with Crippen LogP contribution < -0.4 is 5.43 Å². The molecule has 1 N–H and O–H groups in total. The third-order valence-electron chi connectivity index (χ3n) is 2.98. The van der Waals surface area contributed by atoms with Crippen molar-refractivity contribution in [1.29, 1.82) is 5.26 Å². The summed E-state index contributed by atoms with van der Waals surface area (Å²) in [5.74, 6) is 0.113. The predicted octanol–water partition coefficient (Wildman–Crippen LogP) is 3.80. The molecule has 0 aliphatic carbocycles. The van der Waals surface area contributed by atoms with E-state index in [4.69, 9.17) is 9.68 Å². The number of nitrogens with one attached hydrogen (secondary N) is 1. The van der Waals surface area contributed by atoms with E-state index < -0.39 is 0 Å². The van der Waals surface area contributed by atoms with E-state index in [0.29, 0.717) is 11.5 Å². The lowest BCUT2D eigenvalue weighted by Crippen LogP contribution is -1.91. The van der Waals surface area contributed by atoms with Crippen molar-refractivity contribution in [2.75, 3.05) is 5.43 Å². The molecule has 1 heterocycles. The molecule has 3 aromatic rings. The van der Waals surface area contributed by atoms with Gasteiger partial charge < -0.3 is 4.42 Å². The average Bonchev–Trinajstić information content (AvgIpc) is 2.99. The molecular formula is C17H11FN4O. The maximum atomic E-state index is 13.1. The highest BCUT2D eigenvalue weighted by atomic mass is 19.1. The highest BCUT2D eigenvalue weighted by Crippen LogP contribution is 2.24. The molecule has 2 aromatic carbocycles. The van der Waals surface area contributed by atoms with Gasteiger partial charge in [-0.25, -0.2) is 9.82 Å². The lowest BCUT2D eigenvalue weighted by atomic mass is 10.2. The smallest absolute Gasteiger partial charge is 0.252 e. The molecule has 0 bridgehead atoms. The van der Waals surface area contributed by atoms with Crippen molar-refractivity contribution in [3.8, 4) is 17.5 Å². The van der Waals surface area contributed by atoms with Crippen molar-refractivity contribution in [1.82, 2.24) is 4.98 Å². The summed E-state index contributed by atoms with van der Waals surface area (Å²) in [6.45, 7) is 0. The van der Waals surface area contributed by atoms with E-state index in [-0.39, 0.29) is 17.4 Å². The number of hydrogen-bond acceptors (Lipinski definition) is 5. The zero-order valence-corrected chi connectivity index (χ0v) is 11.9. The van der Waals surface area contributed by atoms with Crippen LogP contribution in [0.25, 0.3) is 11.5 Å². The van der Waals surface area contributed by atoms with Gasteiger partial charge in [-0.3, -0.25) is 0 Å². The van der Waals surface area contributed by atoms with E-state index in [1.54, 1.807) is 12.1 Å². The van der Waals surface area contributed by atoms with Gasteiger partial charge in [0.1, 0.15) is 11.9 Å². The summed E-state index contributed by atoms with van der Waals surface area (Å²) < 4.78 is 18.6. The fourth-order valence-corrected chi connectivity index (χ4v) is 1.93. The first-order valence-corrected chi connectivity index (χ1v) is 6.77. The number of aromatic nitrogens is 1. The first-order chi connectivity index (χ1) is 11.3. The van der Waals surface area contributed by atoms with Crippen molar-refractivity contribution in [3.05, 3.63) is 71.7 Å². The molecule has 5 nitrogen and oxygen atoms in total. The van der Waals surface area contributed by atoms with Crippen molar-refractivity contribution in [2.45, 2.75) is 0 Å². The maximum Gasteiger partial charge on any atom is 0.252 e. The quantitative estimate of drug-likeness (QED) is 0.587. The Balaban J connectivity index is 1.80. The second kappa shape index (κ2) is 6.54. The van der Waals surface area contributed by atoms with E-state index in [2.05, 4.69) is 15.5 Å². The molecule has 0 saturated heterocycles. The van der Waals surface area contributed by atoms with Gasteiger partial charge >= 0.3 is 0 Å². The Labute approximate surface area is 131 Å². The van der Waals surface area contributed by atoms with Crippen LogP contribution in [0.15, 0.2) is 64.1 Å². The van der Waals surface area contributed by atoms with Gasteiger partial charge in [0, 0.05) is 5.56 Å². The second-order valence-corrected chi connectivity index (χ2v) is 4.60. The summed E-state index contributed by atoms with van der Waals surface area (Å²) in [5, 5.41) is 13.1. The van der Waals surface area contributed by atoms with Crippen LogP contribution in [0, 0.1) is 17.1 Å². The molecule has 23 heavy (non-hydrogen) atoms. The summed E-state index contributed by atoms with van der Waals surface area (Å²) in [6.07, 6.45) is 1.43. The van der Waals surface area contributed by atoms with Crippen LogP contribution in [0.2, 0.25) is 0 Å². The van der Waals surface area contributed by atoms with Crippen molar-refractivity contribution < 1.29 is 8.81 Å². The summed E-state index contributed by atoms with van der Waals surface area (Å²) in [6, 6.07) is 17.1. The van der Waals surface area contributed by atoms with Crippen molar-refractivity contribution >= 4 is 12.1 Å². The third kappa shape index (κ3) is 3.41. The second-order valence-electron chi connectivity index (χ2n) is 4.60. The molecule has 1 aromatic heterocycles. The molecule has 0 fully saturated rings. The van der Waals surface area contributed by atoms with Crippen LogP contribution in [-0.2, 0) is 0 Å². The van der Waals surface area contributed by atoms with E-state index in [9.17, 15) is 4.39 Å². The first-order valence-electron chi connectivity index (χ1n) is 6.77. The van der Waals surface area contributed by atoms with Gasteiger partial charge in [-0.1, -0.05) is 30.3 Å². The van der Waals surface area contributed by atoms with Gasteiger partial charge in [0.15, 0.2) is 0 Å². The fraction of sp³-hybridized carbons (Fsp3) is 0. The number of oxazole rings is 1. The van der Waals surface area contributed by atoms with Gasteiger partial charge in [-0.2, -0.15) is 15.3 Å². The number of rotatable bonds is 4. The Morgan fingerprint density at radius 1 is 1.17 bits per heavy atom. The van der Waals surface area contributed by atoms with Crippen LogP contribution in [0.5, 0.6) is 0 Å². The maximum absolute atomic E-state index is 13.1. The zero-order valence-electron chi connectivity index (χ0n) is 11.9. The Morgan fingerprint density at radius 2 is 2.00 bits per heavy atom. The Bertz CT molecular complexity index is 881. The third-order valence-corrected chi connectivity index (χ3v) is 2.98. The molecule has 6 heteroatoms. The Morgan fingerprint density at radius 3 is 2.74 bits per heavy atom. The van der Waals surface area contributed by atoms with E-state index >= 15 is 0 Å². The normalized spacial score (nSPS) is 10.6. The van der Waals surface area contributed by atoms with Gasteiger partial charge in [-0.05, 0) is 29.8 Å². The van der Waals surface area contributed by atoms with E-state index in [0.717, 1.165) is 5.56 Å². The largest absolute Gasteiger partial charge is 0.417 e. The van der Waals surface area contributed by atoms with Gasteiger partial charge in [-0.15, -0.1) is 0 Å². The molecule has 112 valence electrons. The minimum Gasteiger partial charge on any atom is -0.417 e. The minimum atomic E-state index is -0.349. The first kappa shape index (κ1) is 14.5. The summed E-state index contributed by atoms with van der Waals surface area (Å²) >= 11 is 0. The van der Waals surface area contributed by atoms with Crippen LogP contribution >= 0.6 is 0 Å². The van der Waals surface area contributed by atoms with Gasteiger partial charge in [0.2, 0.25) is 11.6 Å². The van der Waals surface area contributed by atoms with E-state index in [1.807, 2.05) is 36.4 Å². The van der Waals surface area contributed by atoms with Crippen molar-refractivity contribution in [3.63, 3.8) is 0 Å². The van der Waals surface area contributed by atoms with Crippen LogP contribution in [0.3, 0.4) is 0 Å². The van der Waals surface area contributed by atoms with Crippen LogP contribution in [0.1, 0.15) is 11.3 Å². The minimum absolute atomic E-state index is 0.0974. The number of halogens is 1. The molecule has 0 saturated carbocycles. The monoisotopic (exact) mass is 306 g/mol. The lowest BCUT2D eigenvalue weighted by molar-refractivity contribution is 0.587. The van der Waals surface area contributed by atoms with Crippen LogP contribution in [-0.4, -0.2) is 11.2 Å². The topological polar surface area (TPSA) is 74.2 Å².